The van der Waals surface area contributed by atoms with Gasteiger partial charge < -0.3 is 19.5 Å². The van der Waals surface area contributed by atoms with Gasteiger partial charge in [-0.2, -0.15) is 0 Å². The van der Waals surface area contributed by atoms with Crippen molar-refractivity contribution in [2.75, 3.05) is 31.5 Å². The molecule has 0 unspecified atom stereocenters. The summed E-state index contributed by atoms with van der Waals surface area (Å²) in [6.45, 7) is 1.96. The highest BCUT2D eigenvalue weighted by Crippen LogP contribution is 2.37. The van der Waals surface area contributed by atoms with E-state index in [4.69, 9.17) is 14.2 Å². The van der Waals surface area contributed by atoms with E-state index in [1.54, 1.807) is 49.6 Å². The zero-order valence-electron chi connectivity index (χ0n) is 18.8. The molecule has 0 bridgehead atoms. The van der Waals surface area contributed by atoms with Gasteiger partial charge in [0.05, 0.1) is 32.6 Å². The summed E-state index contributed by atoms with van der Waals surface area (Å²) in [5.41, 5.74) is 3.19. The number of carbonyl (C=O) groups is 2. The Morgan fingerprint density at radius 1 is 0.758 bits per heavy atom. The van der Waals surface area contributed by atoms with Gasteiger partial charge >= 0.3 is 0 Å². The first-order valence-electron chi connectivity index (χ1n) is 10.3. The van der Waals surface area contributed by atoms with Crippen molar-refractivity contribution in [1.29, 1.82) is 0 Å². The van der Waals surface area contributed by atoms with Gasteiger partial charge in [0, 0.05) is 17.8 Å². The van der Waals surface area contributed by atoms with Gasteiger partial charge in [-0.3, -0.25) is 9.59 Å². The first kappa shape index (κ1) is 22.0. The second-order valence-corrected chi connectivity index (χ2v) is 7.46. The van der Waals surface area contributed by atoms with Crippen molar-refractivity contribution in [1.82, 2.24) is 0 Å². The number of nitrogens with zero attached hydrogens (tertiary/aromatic N) is 1. The lowest BCUT2D eigenvalue weighted by atomic mass is 10.0. The van der Waals surface area contributed by atoms with E-state index in [0.29, 0.717) is 34.2 Å². The largest absolute Gasteiger partial charge is 0.497 e. The fourth-order valence-electron chi connectivity index (χ4n) is 3.68. The molecule has 0 saturated carbocycles. The SMILES string of the molecule is COc1cccc(NC2=C(c3ccc(C)cc3)C(=O)N(c3ccc(OC)c(OC)c3)C2=O)c1. The highest BCUT2D eigenvalue weighted by Gasteiger charge is 2.40. The number of anilines is 2. The van der Waals surface area contributed by atoms with E-state index in [1.807, 2.05) is 31.2 Å². The summed E-state index contributed by atoms with van der Waals surface area (Å²) in [6.07, 6.45) is 0. The molecule has 7 heteroatoms. The molecule has 1 heterocycles. The molecular formula is C26H24N2O5. The second kappa shape index (κ2) is 9.08. The van der Waals surface area contributed by atoms with Crippen LogP contribution < -0.4 is 24.4 Å². The summed E-state index contributed by atoms with van der Waals surface area (Å²) in [4.78, 5) is 28.3. The highest BCUT2D eigenvalue weighted by atomic mass is 16.5. The van der Waals surface area contributed by atoms with Gasteiger partial charge in [0.2, 0.25) is 0 Å². The normalized spacial score (nSPS) is 13.4. The Labute approximate surface area is 192 Å². The van der Waals surface area contributed by atoms with Crippen LogP contribution in [0.4, 0.5) is 11.4 Å². The Balaban J connectivity index is 1.81. The van der Waals surface area contributed by atoms with Crippen LogP contribution in [0.5, 0.6) is 17.2 Å². The molecule has 168 valence electrons. The number of hydrogen-bond acceptors (Lipinski definition) is 6. The molecule has 0 spiro atoms. The first-order chi connectivity index (χ1) is 16.0. The number of nitrogens with one attached hydrogen (secondary N) is 1. The molecular weight excluding hydrogens is 420 g/mol. The van der Waals surface area contributed by atoms with Crippen LogP contribution in [0.15, 0.2) is 72.4 Å². The molecule has 1 aliphatic heterocycles. The van der Waals surface area contributed by atoms with Crippen LogP contribution in [0.3, 0.4) is 0 Å². The summed E-state index contributed by atoms with van der Waals surface area (Å²) in [5.74, 6) is 0.654. The molecule has 0 aliphatic carbocycles. The van der Waals surface area contributed by atoms with E-state index in [0.717, 1.165) is 10.5 Å². The number of imide groups is 1. The lowest BCUT2D eigenvalue weighted by molar-refractivity contribution is -0.120. The third-order valence-electron chi connectivity index (χ3n) is 5.39. The molecule has 33 heavy (non-hydrogen) atoms. The van der Waals surface area contributed by atoms with E-state index in [9.17, 15) is 9.59 Å². The van der Waals surface area contributed by atoms with Gasteiger partial charge in [0.15, 0.2) is 11.5 Å². The summed E-state index contributed by atoms with van der Waals surface area (Å²) >= 11 is 0. The maximum atomic E-state index is 13.6. The number of methoxy groups -OCH3 is 3. The van der Waals surface area contributed by atoms with E-state index >= 15 is 0 Å². The van der Waals surface area contributed by atoms with Crippen molar-refractivity contribution >= 4 is 28.8 Å². The van der Waals surface area contributed by atoms with Crippen molar-refractivity contribution < 1.29 is 23.8 Å². The lowest BCUT2D eigenvalue weighted by Crippen LogP contribution is -2.32. The number of hydrogen-bond donors (Lipinski definition) is 1. The van der Waals surface area contributed by atoms with E-state index in [1.165, 1.54) is 14.2 Å². The minimum absolute atomic E-state index is 0.187. The number of amides is 2. The molecule has 0 atom stereocenters. The lowest BCUT2D eigenvalue weighted by Gasteiger charge is -2.17. The van der Waals surface area contributed by atoms with Gasteiger partial charge in [-0.25, -0.2) is 4.90 Å². The van der Waals surface area contributed by atoms with Crippen LogP contribution >= 0.6 is 0 Å². The molecule has 1 N–H and O–H groups in total. The average molecular weight is 444 g/mol. The Hall–Kier alpha value is -4.26. The van der Waals surface area contributed by atoms with Gasteiger partial charge in [-0.05, 0) is 36.8 Å². The standard InChI is InChI=1S/C26H24N2O5/c1-16-8-10-17(11-9-16)23-24(27-18-6-5-7-20(14-18)31-2)26(30)28(25(23)29)19-12-13-21(32-3)22(15-19)33-4/h5-15,27H,1-4H3. The predicted octanol–water partition coefficient (Wildman–Crippen LogP) is 4.42. The van der Waals surface area contributed by atoms with Crippen molar-refractivity contribution in [3.63, 3.8) is 0 Å². The van der Waals surface area contributed by atoms with Crippen molar-refractivity contribution in [2.45, 2.75) is 6.92 Å². The van der Waals surface area contributed by atoms with Crippen molar-refractivity contribution in [3.8, 4) is 17.2 Å². The zero-order valence-corrected chi connectivity index (χ0v) is 18.8. The van der Waals surface area contributed by atoms with Crippen LogP contribution in [0.25, 0.3) is 5.57 Å². The monoisotopic (exact) mass is 444 g/mol. The molecule has 3 aromatic carbocycles. The van der Waals surface area contributed by atoms with Crippen LogP contribution in [0, 0.1) is 6.92 Å². The number of benzene rings is 3. The summed E-state index contributed by atoms with van der Waals surface area (Å²) in [6, 6.07) is 19.6. The van der Waals surface area contributed by atoms with Gasteiger partial charge in [0.1, 0.15) is 11.4 Å². The van der Waals surface area contributed by atoms with Gasteiger partial charge in [0.25, 0.3) is 11.8 Å². The molecule has 3 aromatic rings. The first-order valence-corrected chi connectivity index (χ1v) is 10.3. The highest BCUT2D eigenvalue weighted by molar-refractivity contribution is 6.46. The van der Waals surface area contributed by atoms with Crippen LogP contribution in [0.2, 0.25) is 0 Å². The molecule has 2 amide bonds. The minimum Gasteiger partial charge on any atom is -0.497 e. The molecule has 1 aliphatic rings. The Kier molecular flexibility index (Phi) is 6.04. The summed E-state index contributed by atoms with van der Waals surface area (Å²) < 4.78 is 15.9. The summed E-state index contributed by atoms with van der Waals surface area (Å²) in [5, 5.41) is 3.14. The zero-order chi connectivity index (χ0) is 23.5. The van der Waals surface area contributed by atoms with Crippen LogP contribution in [0.1, 0.15) is 11.1 Å². The third-order valence-corrected chi connectivity index (χ3v) is 5.39. The molecule has 0 aromatic heterocycles. The predicted molar refractivity (Wildman–Crippen MR) is 127 cm³/mol. The maximum absolute atomic E-state index is 13.6. The van der Waals surface area contributed by atoms with Gasteiger partial charge in [-0.15, -0.1) is 0 Å². The average Bonchev–Trinajstić information content (AvgIpc) is 3.08. The van der Waals surface area contributed by atoms with E-state index in [2.05, 4.69) is 5.32 Å². The minimum atomic E-state index is -0.467. The number of carbonyl (C=O) groups excluding carboxylic acids is 2. The fourth-order valence-corrected chi connectivity index (χ4v) is 3.68. The van der Waals surface area contributed by atoms with Crippen molar-refractivity contribution in [2.24, 2.45) is 0 Å². The van der Waals surface area contributed by atoms with E-state index < -0.39 is 11.8 Å². The molecule has 0 saturated heterocycles. The van der Waals surface area contributed by atoms with Gasteiger partial charge in [-0.1, -0.05) is 35.9 Å². The quantitative estimate of drug-likeness (QED) is 0.544. The Morgan fingerprint density at radius 2 is 1.48 bits per heavy atom. The molecule has 7 nitrogen and oxygen atoms in total. The number of aryl methyl sites for hydroxylation is 1. The Morgan fingerprint density at radius 3 is 2.15 bits per heavy atom. The number of rotatable bonds is 7. The summed E-state index contributed by atoms with van der Waals surface area (Å²) in [7, 11) is 4.59. The fraction of sp³-hybridized carbons (Fsp3) is 0.154. The van der Waals surface area contributed by atoms with Crippen molar-refractivity contribution in [3.05, 3.63) is 83.6 Å². The molecule has 0 radical (unpaired) electrons. The second-order valence-electron chi connectivity index (χ2n) is 7.46. The molecule has 0 fully saturated rings. The maximum Gasteiger partial charge on any atom is 0.282 e. The third kappa shape index (κ3) is 4.13. The smallest absolute Gasteiger partial charge is 0.282 e. The topological polar surface area (TPSA) is 77.1 Å². The van der Waals surface area contributed by atoms with E-state index in [-0.39, 0.29) is 11.3 Å². The van der Waals surface area contributed by atoms with Crippen LogP contribution in [-0.4, -0.2) is 33.1 Å². The molecule has 4 rings (SSSR count). The van der Waals surface area contributed by atoms with Crippen LogP contribution in [-0.2, 0) is 9.59 Å². The number of ether oxygens (including phenoxy) is 3. The Bertz CT molecular complexity index is 1250.